The third kappa shape index (κ3) is 3.25. The van der Waals surface area contributed by atoms with E-state index in [4.69, 9.17) is 15.2 Å². The van der Waals surface area contributed by atoms with Gasteiger partial charge in [-0.3, -0.25) is 9.78 Å². The molecule has 0 bridgehead atoms. The number of hydrogen-bond acceptors (Lipinski definition) is 6. The Morgan fingerprint density at radius 2 is 2.04 bits per heavy atom. The van der Waals surface area contributed by atoms with Crippen molar-refractivity contribution in [3.05, 3.63) is 46.8 Å². The first kappa shape index (κ1) is 19.6. The molecule has 3 rings (SSSR count). The fraction of sp³-hybridized carbons (Fsp3) is 0.286. The number of fused-ring (bicyclic) bond motifs is 1. The van der Waals surface area contributed by atoms with Gasteiger partial charge < -0.3 is 20.3 Å². The van der Waals surface area contributed by atoms with Gasteiger partial charge in [-0.25, -0.2) is 4.98 Å². The van der Waals surface area contributed by atoms with E-state index in [9.17, 15) is 9.90 Å². The number of nitrogens with two attached hydrogens (primary N) is 1. The first-order valence-electron chi connectivity index (χ1n) is 8.93. The second-order valence-electron chi connectivity index (χ2n) is 6.42. The number of aryl methyl sites for hydroxylation is 2. The summed E-state index contributed by atoms with van der Waals surface area (Å²) in [5.74, 6) is 0.301. The molecule has 0 aliphatic rings. The van der Waals surface area contributed by atoms with Crippen LogP contribution in [0.2, 0.25) is 0 Å². The minimum absolute atomic E-state index is 0.247. The van der Waals surface area contributed by atoms with Crippen molar-refractivity contribution >= 4 is 16.8 Å². The normalized spacial score (nSPS) is 10.9. The molecule has 28 heavy (non-hydrogen) atoms. The molecule has 3 aromatic rings. The maximum Gasteiger partial charge on any atom is 0.251 e. The molecule has 1 amide bonds. The molecule has 0 aliphatic carbocycles. The fourth-order valence-electron chi connectivity index (χ4n) is 3.34. The van der Waals surface area contributed by atoms with Gasteiger partial charge in [-0.1, -0.05) is 12.1 Å². The third-order valence-corrected chi connectivity index (χ3v) is 4.56. The quantitative estimate of drug-likeness (QED) is 0.680. The molecule has 1 aromatic carbocycles. The van der Waals surface area contributed by atoms with Crippen LogP contribution in [0.1, 0.15) is 34.1 Å². The lowest BCUT2D eigenvalue weighted by Crippen LogP contribution is -2.16. The number of amides is 1. The molecular weight excluding hydrogens is 358 g/mol. The number of aliphatic hydroxyl groups excluding tert-OH is 1. The molecule has 7 heteroatoms. The van der Waals surface area contributed by atoms with Crippen LogP contribution in [0.3, 0.4) is 0 Å². The maximum absolute atomic E-state index is 12.4. The van der Waals surface area contributed by atoms with Gasteiger partial charge in [0, 0.05) is 22.9 Å². The van der Waals surface area contributed by atoms with Crippen LogP contribution in [-0.4, -0.2) is 34.7 Å². The average Bonchev–Trinajstić information content (AvgIpc) is 2.67. The standard InChI is InChI=1S/C21H23N3O4/c1-5-28-21-18-17(14-7-6-11(2)8-15(14)27-4)16(20(22)26)12(3)24-19(18)13(10-25)9-23-21/h6-9,25H,5,10H2,1-4H3,(H2,22,26). The molecule has 0 spiro atoms. The van der Waals surface area contributed by atoms with Crippen molar-refractivity contribution in [2.75, 3.05) is 13.7 Å². The van der Waals surface area contributed by atoms with Crippen LogP contribution >= 0.6 is 0 Å². The molecule has 0 radical (unpaired) electrons. The Morgan fingerprint density at radius 3 is 2.64 bits per heavy atom. The molecule has 0 atom stereocenters. The molecule has 0 aliphatic heterocycles. The predicted molar refractivity (Wildman–Crippen MR) is 107 cm³/mol. The highest BCUT2D eigenvalue weighted by molar-refractivity contribution is 6.11. The van der Waals surface area contributed by atoms with E-state index in [0.717, 1.165) is 5.56 Å². The van der Waals surface area contributed by atoms with E-state index in [-0.39, 0.29) is 12.2 Å². The molecule has 7 nitrogen and oxygen atoms in total. The van der Waals surface area contributed by atoms with Crippen LogP contribution in [-0.2, 0) is 6.61 Å². The van der Waals surface area contributed by atoms with Gasteiger partial charge in [-0.15, -0.1) is 0 Å². The summed E-state index contributed by atoms with van der Waals surface area (Å²) in [7, 11) is 1.57. The number of methoxy groups -OCH3 is 1. The van der Waals surface area contributed by atoms with Gasteiger partial charge >= 0.3 is 0 Å². The van der Waals surface area contributed by atoms with Gasteiger partial charge in [0.2, 0.25) is 5.88 Å². The van der Waals surface area contributed by atoms with E-state index in [2.05, 4.69) is 9.97 Å². The van der Waals surface area contributed by atoms with E-state index < -0.39 is 5.91 Å². The lowest BCUT2D eigenvalue weighted by Gasteiger charge is -2.19. The summed E-state index contributed by atoms with van der Waals surface area (Å²) in [4.78, 5) is 21.3. The molecule has 0 unspecified atom stereocenters. The highest BCUT2D eigenvalue weighted by Crippen LogP contribution is 2.42. The van der Waals surface area contributed by atoms with Crippen LogP contribution in [0.5, 0.6) is 11.6 Å². The van der Waals surface area contributed by atoms with Gasteiger partial charge in [0.25, 0.3) is 5.91 Å². The zero-order chi connectivity index (χ0) is 20.4. The van der Waals surface area contributed by atoms with Crippen LogP contribution in [0.15, 0.2) is 24.4 Å². The van der Waals surface area contributed by atoms with E-state index in [1.165, 1.54) is 6.20 Å². The van der Waals surface area contributed by atoms with Gasteiger partial charge in [0.1, 0.15) is 5.75 Å². The molecule has 146 valence electrons. The van der Waals surface area contributed by atoms with Gasteiger partial charge in [-0.05, 0) is 32.4 Å². The summed E-state index contributed by atoms with van der Waals surface area (Å²) in [5, 5.41) is 10.3. The van der Waals surface area contributed by atoms with Crippen molar-refractivity contribution in [3.8, 4) is 22.8 Å². The minimum Gasteiger partial charge on any atom is -0.496 e. The highest BCUT2D eigenvalue weighted by atomic mass is 16.5. The Morgan fingerprint density at radius 1 is 1.29 bits per heavy atom. The van der Waals surface area contributed by atoms with E-state index in [1.807, 2.05) is 32.0 Å². The first-order chi connectivity index (χ1) is 13.4. The second-order valence-corrected chi connectivity index (χ2v) is 6.42. The van der Waals surface area contributed by atoms with Crippen molar-refractivity contribution in [2.45, 2.75) is 27.4 Å². The largest absolute Gasteiger partial charge is 0.496 e. The van der Waals surface area contributed by atoms with Crippen molar-refractivity contribution in [1.82, 2.24) is 9.97 Å². The zero-order valence-electron chi connectivity index (χ0n) is 16.4. The molecule has 2 heterocycles. The van der Waals surface area contributed by atoms with Crippen LogP contribution in [0, 0.1) is 13.8 Å². The predicted octanol–water partition coefficient (Wildman–Crippen LogP) is 2.91. The number of primary amides is 1. The summed E-state index contributed by atoms with van der Waals surface area (Å²) in [6.07, 6.45) is 1.53. The van der Waals surface area contributed by atoms with Crippen LogP contribution < -0.4 is 15.2 Å². The Bertz CT molecular complexity index is 1060. The number of aliphatic hydroxyl groups is 1. The lowest BCUT2D eigenvalue weighted by molar-refractivity contribution is 0.1000. The number of ether oxygens (including phenoxy) is 2. The first-order valence-corrected chi connectivity index (χ1v) is 8.93. The molecule has 0 saturated carbocycles. The van der Waals surface area contributed by atoms with Crippen molar-refractivity contribution in [1.29, 1.82) is 0 Å². The second kappa shape index (κ2) is 7.82. The van der Waals surface area contributed by atoms with Crippen molar-refractivity contribution in [2.24, 2.45) is 5.73 Å². The van der Waals surface area contributed by atoms with Crippen molar-refractivity contribution < 1.29 is 19.4 Å². The summed E-state index contributed by atoms with van der Waals surface area (Å²) in [6, 6.07) is 5.68. The van der Waals surface area contributed by atoms with E-state index in [0.29, 0.717) is 51.5 Å². The molecule has 0 fully saturated rings. The SMILES string of the molecule is CCOc1ncc(CO)c2nc(C)c(C(N)=O)c(-c3ccc(C)cc3OC)c12. The number of rotatable bonds is 6. The number of hydrogen-bond donors (Lipinski definition) is 2. The minimum atomic E-state index is -0.610. The lowest BCUT2D eigenvalue weighted by atomic mass is 9.92. The number of aromatic nitrogens is 2. The Labute approximate surface area is 163 Å². The zero-order valence-corrected chi connectivity index (χ0v) is 16.4. The third-order valence-electron chi connectivity index (χ3n) is 4.56. The summed E-state index contributed by atoms with van der Waals surface area (Å²) in [5.41, 5.74) is 9.73. The van der Waals surface area contributed by atoms with Gasteiger partial charge in [0.05, 0.1) is 42.5 Å². The van der Waals surface area contributed by atoms with Gasteiger partial charge in [-0.2, -0.15) is 0 Å². The van der Waals surface area contributed by atoms with Gasteiger partial charge in [0.15, 0.2) is 0 Å². The Kier molecular flexibility index (Phi) is 5.46. The average molecular weight is 381 g/mol. The number of carbonyl (C=O) groups is 1. The number of nitrogens with zero attached hydrogens (tertiary/aromatic N) is 2. The number of pyridine rings is 2. The van der Waals surface area contributed by atoms with Crippen molar-refractivity contribution in [3.63, 3.8) is 0 Å². The Hall–Kier alpha value is -3.19. The smallest absolute Gasteiger partial charge is 0.251 e. The maximum atomic E-state index is 12.4. The Balaban J connectivity index is 2.58. The molecule has 3 N–H and O–H groups in total. The summed E-state index contributed by atoms with van der Waals surface area (Å²) in [6.45, 7) is 5.64. The molecular formula is C21H23N3O4. The molecule has 0 saturated heterocycles. The number of carbonyl (C=O) groups excluding carboxylic acids is 1. The van der Waals surface area contributed by atoms with E-state index in [1.54, 1.807) is 14.0 Å². The number of benzene rings is 1. The fourth-order valence-corrected chi connectivity index (χ4v) is 3.34. The highest BCUT2D eigenvalue weighted by Gasteiger charge is 2.25. The van der Waals surface area contributed by atoms with E-state index >= 15 is 0 Å². The summed E-state index contributed by atoms with van der Waals surface area (Å²) >= 11 is 0. The monoisotopic (exact) mass is 381 g/mol. The van der Waals surface area contributed by atoms with Crippen LogP contribution in [0.4, 0.5) is 0 Å². The topological polar surface area (TPSA) is 108 Å². The summed E-state index contributed by atoms with van der Waals surface area (Å²) < 4.78 is 11.3. The van der Waals surface area contributed by atoms with Crippen LogP contribution in [0.25, 0.3) is 22.0 Å². The molecule has 2 aromatic heterocycles.